The predicted octanol–water partition coefficient (Wildman–Crippen LogP) is 3.43. The Bertz CT molecular complexity index is 435. The average Bonchev–Trinajstić information content (AvgIpc) is 2.35. The van der Waals surface area contributed by atoms with E-state index >= 15 is 0 Å². The minimum atomic E-state index is 0.556. The zero-order valence-corrected chi connectivity index (χ0v) is 13.9. The Labute approximate surface area is 124 Å². The smallest absolute Gasteiger partial charge is 0.133 e. The Morgan fingerprint density at radius 1 is 1.42 bits per heavy atom. The van der Waals surface area contributed by atoms with E-state index in [1.54, 1.807) is 0 Å². The van der Waals surface area contributed by atoms with Gasteiger partial charge in [-0.05, 0) is 54.2 Å². The number of hydrogen-bond donors (Lipinski definition) is 1. The molecule has 1 fully saturated rings. The molecule has 0 amide bonds. The molecule has 2 heterocycles. The molecular weight excluding hydrogens is 302 g/mol. The van der Waals surface area contributed by atoms with Crippen LogP contribution in [0.2, 0.25) is 0 Å². The molecule has 1 saturated heterocycles. The number of hydrogen-bond acceptors (Lipinski definition) is 3. The van der Waals surface area contributed by atoms with Crippen molar-refractivity contribution < 1.29 is 0 Å². The lowest BCUT2D eigenvalue weighted by Crippen LogP contribution is -2.46. The van der Waals surface area contributed by atoms with Crippen molar-refractivity contribution in [2.24, 2.45) is 11.8 Å². The van der Waals surface area contributed by atoms with Crippen molar-refractivity contribution in [2.45, 2.75) is 39.8 Å². The van der Waals surface area contributed by atoms with Crippen LogP contribution in [0.15, 0.2) is 16.7 Å². The molecule has 19 heavy (non-hydrogen) atoms. The Morgan fingerprint density at radius 2 is 2.16 bits per heavy atom. The number of nitrogens with zero attached hydrogens (tertiary/aromatic N) is 2. The summed E-state index contributed by atoms with van der Waals surface area (Å²) in [5, 5.41) is 3.24. The van der Waals surface area contributed by atoms with E-state index in [2.05, 4.69) is 58.0 Å². The first kappa shape index (κ1) is 14.8. The molecule has 0 aliphatic carbocycles. The van der Waals surface area contributed by atoms with Gasteiger partial charge in [0, 0.05) is 35.4 Å². The van der Waals surface area contributed by atoms with E-state index in [0.717, 1.165) is 35.2 Å². The van der Waals surface area contributed by atoms with Gasteiger partial charge in [0.15, 0.2) is 0 Å². The molecule has 2 rings (SSSR count). The van der Waals surface area contributed by atoms with Crippen LogP contribution in [0, 0.1) is 11.8 Å². The van der Waals surface area contributed by atoms with Gasteiger partial charge < -0.3 is 10.2 Å². The SMILES string of the molecule is CNCc1cc(Br)cnc1N1CC(C)CC(C)C1C. The molecule has 3 unspecified atom stereocenters. The van der Waals surface area contributed by atoms with Crippen LogP contribution in [-0.2, 0) is 6.54 Å². The molecule has 1 aromatic heterocycles. The number of pyridine rings is 1. The number of aromatic nitrogens is 1. The van der Waals surface area contributed by atoms with Gasteiger partial charge in [-0.25, -0.2) is 4.98 Å². The molecule has 0 saturated carbocycles. The third-order valence-corrected chi connectivity index (χ3v) is 4.58. The van der Waals surface area contributed by atoms with Crippen LogP contribution in [0.4, 0.5) is 5.82 Å². The number of nitrogens with one attached hydrogen (secondary N) is 1. The third-order valence-electron chi connectivity index (χ3n) is 4.15. The van der Waals surface area contributed by atoms with Gasteiger partial charge in [0.05, 0.1) is 0 Å². The second kappa shape index (κ2) is 6.23. The van der Waals surface area contributed by atoms with E-state index in [1.807, 2.05) is 13.2 Å². The standard InChI is InChI=1S/C15H24BrN3/c1-10-5-11(2)12(3)19(9-10)15-13(7-17-4)6-14(16)8-18-15/h6,8,10-12,17H,5,7,9H2,1-4H3. The van der Waals surface area contributed by atoms with Crippen LogP contribution in [0.1, 0.15) is 32.8 Å². The number of halogens is 1. The van der Waals surface area contributed by atoms with Crippen molar-refractivity contribution in [2.75, 3.05) is 18.5 Å². The van der Waals surface area contributed by atoms with Crippen molar-refractivity contribution in [1.82, 2.24) is 10.3 Å². The normalized spacial score (nSPS) is 27.6. The van der Waals surface area contributed by atoms with Crippen LogP contribution in [0.3, 0.4) is 0 Å². The maximum atomic E-state index is 4.68. The van der Waals surface area contributed by atoms with Gasteiger partial charge in [0.1, 0.15) is 5.82 Å². The van der Waals surface area contributed by atoms with Crippen LogP contribution >= 0.6 is 15.9 Å². The van der Waals surface area contributed by atoms with Gasteiger partial charge in [0.25, 0.3) is 0 Å². The van der Waals surface area contributed by atoms with Crippen molar-refractivity contribution in [3.05, 3.63) is 22.3 Å². The second-order valence-corrected chi connectivity index (χ2v) is 6.79. The molecule has 1 aromatic rings. The van der Waals surface area contributed by atoms with Crippen molar-refractivity contribution in [3.63, 3.8) is 0 Å². The van der Waals surface area contributed by atoms with Crippen molar-refractivity contribution in [3.8, 4) is 0 Å². The summed E-state index contributed by atoms with van der Waals surface area (Å²) in [5.41, 5.74) is 1.27. The molecule has 3 atom stereocenters. The van der Waals surface area contributed by atoms with E-state index in [4.69, 9.17) is 0 Å². The largest absolute Gasteiger partial charge is 0.353 e. The molecule has 4 heteroatoms. The fourth-order valence-corrected chi connectivity index (χ4v) is 3.43. The summed E-state index contributed by atoms with van der Waals surface area (Å²) in [4.78, 5) is 7.16. The molecule has 0 spiro atoms. The summed E-state index contributed by atoms with van der Waals surface area (Å²) in [7, 11) is 1.98. The van der Waals surface area contributed by atoms with Crippen LogP contribution in [0.5, 0.6) is 0 Å². The van der Waals surface area contributed by atoms with Gasteiger partial charge in [-0.3, -0.25) is 0 Å². The summed E-state index contributed by atoms with van der Waals surface area (Å²) in [6.45, 7) is 8.98. The minimum absolute atomic E-state index is 0.556. The van der Waals surface area contributed by atoms with Crippen LogP contribution in [-0.4, -0.2) is 24.6 Å². The Morgan fingerprint density at radius 3 is 2.84 bits per heavy atom. The van der Waals surface area contributed by atoms with E-state index < -0.39 is 0 Å². The van der Waals surface area contributed by atoms with E-state index in [9.17, 15) is 0 Å². The zero-order chi connectivity index (χ0) is 14.0. The summed E-state index contributed by atoms with van der Waals surface area (Å²) in [5.74, 6) is 2.60. The maximum Gasteiger partial charge on any atom is 0.133 e. The van der Waals surface area contributed by atoms with Crippen LogP contribution < -0.4 is 10.2 Å². The first-order chi connectivity index (χ1) is 9.02. The lowest BCUT2D eigenvalue weighted by molar-refractivity contribution is 0.295. The fraction of sp³-hybridized carbons (Fsp3) is 0.667. The van der Waals surface area contributed by atoms with Crippen molar-refractivity contribution in [1.29, 1.82) is 0 Å². The Hall–Kier alpha value is -0.610. The lowest BCUT2D eigenvalue weighted by atomic mass is 9.86. The Balaban J connectivity index is 2.33. The van der Waals surface area contributed by atoms with E-state index in [0.29, 0.717) is 6.04 Å². The highest BCUT2D eigenvalue weighted by Gasteiger charge is 2.30. The second-order valence-electron chi connectivity index (χ2n) is 5.88. The van der Waals surface area contributed by atoms with Gasteiger partial charge in [-0.2, -0.15) is 0 Å². The van der Waals surface area contributed by atoms with Gasteiger partial charge in [-0.15, -0.1) is 0 Å². The topological polar surface area (TPSA) is 28.2 Å². The van der Waals surface area contributed by atoms with Crippen LogP contribution in [0.25, 0.3) is 0 Å². The number of anilines is 1. The first-order valence-electron chi connectivity index (χ1n) is 7.08. The molecule has 0 aromatic carbocycles. The molecule has 1 N–H and O–H groups in total. The summed E-state index contributed by atoms with van der Waals surface area (Å²) >= 11 is 3.52. The lowest BCUT2D eigenvalue weighted by Gasteiger charge is -2.42. The number of rotatable bonds is 3. The van der Waals surface area contributed by atoms with Gasteiger partial charge in [0.2, 0.25) is 0 Å². The fourth-order valence-electron chi connectivity index (χ4n) is 3.05. The van der Waals surface area contributed by atoms with E-state index in [1.165, 1.54) is 12.0 Å². The molecule has 1 aliphatic heterocycles. The van der Waals surface area contributed by atoms with Gasteiger partial charge >= 0.3 is 0 Å². The highest BCUT2D eigenvalue weighted by atomic mass is 79.9. The van der Waals surface area contributed by atoms with Crippen molar-refractivity contribution >= 4 is 21.7 Å². The molecule has 0 bridgehead atoms. The molecule has 3 nitrogen and oxygen atoms in total. The summed E-state index contributed by atoms with van der Waals surface area (Å²) in [6, 6.07) is 2.73. The monoisotopic (exact) mass is 325 g/mol. The summed E-state index contributed by atoms with van der Waals surface area (Å²) < 4.78 is 1.05. The number of piperidine rings is 1. The zero-order valence-electron chi connectivity index (χ0n) is 12.3. The molecule has 1 aliphatic rings. The first-order valence-corrected chi connectivity index (χ1v) is 7.88. The molecular formula is C15H24BrN3. The Kier molecular flexibility index (Phi) is 4.85. The van der Waals surface area contributed by atoms with E-state index in [-0.39, 0.29) is 0 Å². The maximum absolute atomic E-state index is 4.68. The summed E-state index contributed by atoms with van der Waals surface area (Å²) in [6.07, 6.45) is 3.22. The highest BCUT2D eigenvalue weighted by Crippen LogP contribution is 2.32. The quantitative estimate of drug-likeness (QED) is 0.922. The highest BCUT2D eigenvalue weighted by molar-refractivity contribution is 9.10. The minimum Gasteiger partial charge on any atom is -0.353 e. The third kappa shape index (κ3) is 3.29. The van der Waals surface area contributed by atoms with Gasteiger partial charge in [-0.1, -0.05) is 13.8 Å². The molecule has 106 valence electrons. The predicted molar refractivity (Wildman–Crippen MR) is 84.5 cm³/mol. The average molecular weight is 326 g/mol. The molecule has 0 radical (unpaired) electrons.